The van der Waals surface area contributed by atoms with Gasteiger partial charge in [-0.25, -0.2) is 0 Å². The Kier molecular flexibility index (Phi) is 4.81. The Morgan fingerprint density at radius 1 is 1.14 bits per heavy atom. The van der Waals surface area contributed by atoms with Crippen LogP contribution in [0.15, 0.2) is 12.4 Å². The number of fused-ring (bicyclic) bond motifs is 5. The number of hydrogen-bond acceptors (Lipinski definition) is 4. The molecule has 1 aromatic rings. The molecule has 1 N–H and O–H groups in total. The van der Waals surface area contributed by atoms with Gasteiger partial charge in [-0.05, 0) is 100 Å². The summed E-state index contributed by atoms with van der Waals surface area (Å²) in [5, 5.41) is 23.7. The van der Waals surface area contributed by atoms with E-state index in [1.165, 1.54) is 44.7 Å². The van der Waals surface area contributed by atoms with Crippen molar-refractivity contribution >= 4 is 5.78 Å². The molecule has 0 amide bonds. The summed E-state index contributed by atoms with van der Waals surface area (Å²) in [4.78, 5) is 13.1. The highest BCUT2D eigenvalue weighted by molar-refractivity contribution is 5.81. The maximum absolute atomic E-state index is 13.1. The fourth-order valence-electron chi connectivity index (χ4n) is 7.92. The van der Waals surface area contributed by atoms with Gasteiger partial charge in [0.2, 0.25) is 0 Å². The highest BCUT2D eigenvalue weighted by Gasteiger charge is 2.53. The first-order valence-electron chi connectivity index (χ1n) is 11.6. The second-order valence-corrected chi connectivity index (χ2v) is 10.7. The predicted octanol–water partition coefficient (Wildman–Crippen LogP) is 3.95. The van der Waals surface area contributed by atoms with Crippen LogP contribution in [0.5, 0.6) is 0 Å². The van der Waals surface area contributed by atoms with Crippen molar-refractivity contribution in [2.75, 3.05) is 0 Å². The molecule has 5 rings (SSSR count). The molecule has 1 aromatic heterocycles. The lowest BCUT2D eigenvalue weighted by Gasteiger charge is -2.54. The van der Waals surface area contributed by atoms with E-state index in [-0.39, 0.29) is 5.92 Å². The van der Waals surface area contributed by atoms with Crippen LogP contribution in [0.2, 0.25) is 0 Å². The van der Waals surface area contributed by atoms with Crippen molar-refractivity contribution in [3.05, 3.63) is 18.0 Å². The van der Waals surface area contributed by atoms with E-state index in [1.807, 2.05) is 6.92 Å². The molecule has 4 fully saturated rings. The zero-order valence-corrected chi connectivity index (χ0v) is 17.5. The average molecular weight is 396 g/mol. The molecule has 0 unspecified atom stereocenters. The van der Waals surface area contributed by atoms with Crippen molar-refractivity contribution in [2.45, 2.75) is 76.9 Å². The minimum atomic E-state index is -0.450. The van der Waals surface area contributed by atoms with E-state index in [9.17, 15) is 9.90 Å². The quantitative estimate of drug-likeness (QED) is 0.840. The van der Waals surface area contributed by atoms with Crippen LogP contribution >= 0.6 is 0 Å². The summed E-state index contributed by atoms with van der Waals surface area (Å²) in [6.07, 6.45) is 13.7. The lowest BCUT2D eigenvalue weighted by Crippen LogP contribution is -2.48. The number of nitriles is 1. The van der Waals surface area contributed by atoms with Gasteiger partial charge in [-0.2, -0.15) is 10.4 Å². The summed E-state index contributed by atoms with van der Waals surface area (Å²) in [5.74, 6) is 4.90. The minimum Gasteiger partial charge on any atom is -0.390 e. The van der Waals surface area contributed by atoms with Crippen molar-refractivity contribution < 1.29 is 9.90 Å². The Labute approximate surface area is 173 Å². The van der Waals surface area contributed by atoms with Crippen LogP contribution in [0.1, 0.15) is 70.3 Å². The first kappa shape index (κ1) is 19.3. The summed E-state index contributed by atoms with van der Waals surface area (Å²) in [6, 6.07) is 2.08. The van der Waals surface area contributed by atoms with Crippen molar-refractivity contribution in [1.82, 2.24) is 9.78 Å². The molecule has 5 heteroatoms. The zero-order chi connectivity index (χ0) is 20.2. The normalized spacial score (nSPS) is 43.7. The monoisotopic (exact) mass is 395 g/mol. The fourth-order valence-corrected chi connectivity index (χ4v) is 7.92. The van der Waals surface area contributed by atoms with Gasteiger partial charge in [0.05, 0.1) is 23.9 Å². The third kappa shape index (κ3) is 3.44. The Hall–Kier alpha value is -1.67. The number of rotatable bonds is 3. The molecule has 4 aliphatic carbocycles. The molecule has 156 valence electrons. The molecule has 4 saturated carbocycles. The van der Waals surface area contributed by atoms with Crippen molar-refractivity contribution in [2.24, 2.45) is 41.4 Å². The van der Waals surface area contributed by atoms with E-state index >= 15 is 0 Å². The van der Waals surface area contributed by atoms with E-state index in [2.05, 4.69) is 11.2 Å². The highest BCUT2D eigenvalue weighted by atomic mass is 16.3. The standard InChI is InChI=1S/C24H33N3O2/c1-24(29)9-8-17-16(10-24)2-3-19-18(17)4-5-21-20(19)6-7-22(21)23(28)14-27-13-15(11-25)12-26-27/h12-13,16-22,29H,2-10,14H2,1H3/t16-,17-,18+,19+,20-,21-,22-,24+/m0/s1. The number of ketones is 1. The van der Waals surface area contributed by atoms with Gasteiger partial charge < -0.3 is 5.11 Å². The van der Waals surface area contributed by atoms with Crippen molar-refractivity contribution in [3.8, 4) is 6.07 Å². The van der Waals surface area contributed by atoms with E-state index in [0.717, 1.165) is 42.9 Å². The Balaban J connectivity index is 1.26. The molecule has 0 spiro atoms. The largest absolute Gasteiger partial charge is 0.390 e. The maximum atomic E-state index is 13.1. The number of carbonyl (C=O) groups excluding carboxylic acids is 1. The minimum absolute atomic E-state index is 0.181. The SMILES string of the molecule is C[C@@]1(O)CC[C@H]2[C@@H](CC[C@@H]3[C@@H]2CC[C@H]2[C@H]3CC[C@@H]2C(=O)Cn2cc(C#N)cn2)C1. The molecule has 1 heterocycles. The molecule has 8 atom stereocenters. The maximum Gasteiger partial charge on any atom is 0.157 e. The zero-order valence-electron chi connectivity index (χ0n) is 17.5. The van der Waals surface area contributed by atoms with E-state index < -0.39 is 5.60 Å². The van der Waals surface area contributed by atoms with Crippen molar-refractivity contribution in [3.63, 3.8) is 0 Å². The van der Waals surface area contributed by atoms with Gasteiger partial charge in [-0.15, -0.1) is 0 Å². The van der Waals surface area contributed by atoms with Crippen LogP contribution in [0.3, 0.4) is 0 Å². The molecular formula is C24H33N3O2. The summed E-state index contributed by atoms with van der Waals surface area (Å²) in [6.45, 7) is 2.34. The molecule has 29 heavy (non-hydrogen) atoms. The third-order valence-electron chi connectivity index (χ3n) is 9.05. The van der Waals surface area contributed by atoms with Crippen LogP contribution in [0, 0.1) is 52.8 Å². The molecule has 0 aliphatic heterocycles. The van der Waals surface area contributed by atoms with Gasteiger partial charge in [-0.1, -0.05) is 0 Å². The number of nitrogens with zero attached hydrogens (tertiary/aromatic N) is 3. The van der Waals surface area contributed by atoms with Gasteiger partial charge in [0, 0.05) is 12.1 Å². The lowest BCUT2D eigenvalue weighted by molar-refractivity contribution is -0.127. The number of aromatic nitrogens is 2. The first-order valence-corrected chi connectivity index (χ1v) is 11.6. The smallest absolute Gasteiger partial charge is 0.157 e. The van der Waals surface area contributed by atoms with Gasteiger partial charge >= 0.3 is 0 Å². The summed E-state index contributed by atoms with van der Waals surface area (Å²) in [5.41, 5.74) is 0.0689. The molecule has 0 saturated heterocycles. The predicted molar refractivity (Wildman–Crippen MR) is 109 cm³/mol. The number of Topliss-reactive ketones (excluding diaryl/α,β-unsaturated/α-hetero) is 1. The van der Waals surface area contributed by atoms with Crippen LogP contribution in [0.4, 0.5) is 0 Å². The van der Waals surface area contributed by atoms with Crippen LogP contribution in [-0.4, -0.2) is 26.3 Å². The molecule has 5 nitrogen and oxygen atoms in total. The Bertz CT molecular complexity index is 822. The van der Waals surface area contributed by atoms with Gasteiger partial charge in [0.15, 0.2) is 5.78 Å². The van der Waals surface area contributed by atoms with Crippen LogP contribution in [0.25, 0.3) is 0 Å². The third-order valence-corrected chi connectivity index (χ3v) is 9.05. The van der Waals surface area contributed by atoms with E-state index in [1.54, 1.807) is 10.9 Å². The summed E-state index contributed by atoms with van der Waals surface area (Å²) in [7, 11) is 0. The Morgan fingerprint density at radius 3 is 2.62 bits per heavy atom. The van der Waals surface area contributed by atoms with Crippen LogP contribution < -0.4 is 0 Å². The fraction of sp³-hybridized carbons (Fsp3) is 0.792. The van der Waals surface area contributed by atoms with Gasteiger partial charge in [0.1, 0.15) is 6.07 Å². The molecule has 0 aromatic carbocycles. The number of hydrogen-bond donors (Lipinski definition) is 1. The molecular weight excluding hydrogens is 362 g/mol. The van der Waals surface area contributed by atoms with Crippen LogP contribution in [-0.2, 0) is 11.3 Å². The summed E-state index contributed by atoms with van der Waals surface area (Å²) >= 11 is 0. The first-order chi connectivity index (χ1) is 13.9. The van der Waals surface area contributed by atoms with Crippen molar-refractivity contribution in [1.29, 1.82) is 5.26 Å². The number of carbonyl (C=O) groups is 1. The Morgan fingerprint density at radius 2 is 1.83 bits per heavy atom. The molecule has 0 bridgehead atoms. The summed E-state index contributed by atoms with van der Waals surface area (Å²) < 4.78 is 1.64. The average Bonchev–Trinajstić information content (AvgIpc) is 3.33. The second-order valence-electron chi connectivity index (χ2n) is 10.7. The van der Waals surface area contributed by atoms with Gasteiger partial charge in [0.25, 0.3) is 0 Å². The topological polar surface area (TPSA) is 78.9 Å². The van der Waals surface area contributed by atoms with E-state index in [0.29, 0.717) is 29.7 Å². The van der Waals surface area contributed by atoms with Gasteiger partial charge in [-0.3, -0.25) is 9.48 Å². The molecule has 4 aliphatic rings. The molecule has 0 radical (unpaired) electrons. The highest BCUT2D eigenvalue weighted by Crippen LogP contribution is 2.59. The van der Waals surface area contributed by atoms with E-state index in [4.69, 9.17) is 5.26 Å². The second kappa shape index (κ2) is 7.23. The number of aliphatic hydroxyl groups is 1. The lowest BCUT2D eigenvalue weighted by atomic mass is 9.52.